The van der Waals surface area contributed by atoms with Crippen LogP contribution in [0.25, 0.3) is 0 Å². The van der Waals surface area contributed by atoms with E-state index in [2.05, 4.69) is 15.2 Å². The highest BCUT2D eigenvalue weighted by Crippen LogP contribution is 2.43. The number of nitrogens with zero attached hydrogens (tertiary/aromatic N) is 2. The first-order chi connectivity index (χ1) is 12.2. The van der Waals surface area contributed by atoms with E-state index >= 15 is 0 Å². The lowest BCUT2D eigenvalue weighted by Crippen LogP contribution is -2.51. The maximum atomic E-state index is 5.95. The molecule has 1 saturated heterocycles. The Balaban J connectivity index is 1.69. The summed E-state index contributed by atoms with van der Waals surface area (Å²) in [6.45, 7) is 5.47. The number of aliphatic imine (C=N–C) groups is 1. The third-order valence-electron chi connectivity index (χ3n) is 5.67. The maximum Gasteiger partial charge on any atom is 0.193 e. The summed E-state index contributed by atoms with van der Waals surface area (Å²) in [4.78, 5) is 6.88. The van der Waals surface area contributed by atoms with Crippen molar-refractivity contribution in [3.63, 3.8) is 0 Å². The second-order valence-electron chi connectivity index (χ2n) is 7.40. The van der Waals surface area contributed by atoms with Crippen molar-refractivity contribution >= 4 is 5.96 Å². The van der Waals surface area contributed by atoms with Gasteiger partial charge in [0.1, 0.15) is 0 Å². The Bertz CT molecular complexity index is 391. The summed E-state index contributed by atoms with van der Waals surface area (Å²) in [5.74, 6) is 1.04. The third kappa shape index (κ3) is 6.42. The highest BCUT2D eigenvalue weighted by atomic mass is 16.5. The maximum absolute atomic E-state index is 5.95. The molecule has 0 atom stereocenters. The number of hydrogen-bond donors (Lipinski definition) is 1. The summed E-state index contributed by atoms with van der Waals surface area (Å²) < 4.78 is 16.3. The van der Waals surface area contributed by atoms with Gasteiger partial charge in [-0.05, 0) is 43.9 Å². The van der Waals surface area contributed by atoms with E-state index in [1.54, 1.807) is 14.2 Å². The quantitative estimate of drug-likeness (QED) is 0.370. The van der Waals surface area contributed by atoms with Crippen LogP contribution in [-0.2, 0) is 14.2 Å². The van der Waals surface area contributed by atoms with E-state index in [1.165, 1.54) is 19.3 Å². The van der Waals surface area contributed by atoms with Crippen LogP contribution in [-0.4, -0.2) is 77.7 Å². The highest BCUT2D eigenvalue weighted by molar-refractivity contribution is 5.80. The van der Waals surface area contributed by atoms with Crippen LogP contribution in [0.1, 0.15) is 44.9 Å². The number of hydrogen-bond acceptors (Lipinski definition) is 4. The molecule has 0 aromatic heterocycles. The lowest BCUT2D eigenvalue weighted by Gasteiger charge is -2.43. The number of ether oxygens (including phenoxy) is 3. The minimum absolute atomic E-state index is 0.380. The fraction of sp³-hybridized carbons (Fsp3) is 0.947. The molecule has 0 unspecified atom stereocenters. The Labute approximate surface area is 153 Å². The van der Waals surface area contributed by atoms with Crippen molar-refractivity contribution in [3.05, 3.63) is 0 Å². The minimum atomic E-state index is 0.380. The van der Waals surface area contributed by atoms with E-state index in [4.69, 9.17) is 14.2 Å². The van der Waals surface area contributed by atoms with E-state index in [0.717, 1.165) is 71.1 Å². The van der Waals surface area contributed by atoms with Crippen molar-refractivity contribution in [1.82, 2.24) is 10.2 Å². The summed E-state index contributed by atoms with van der Waals surface area (Å²) in [7, 11) is 5.42. The normalized spacial score (nSPS) is 21.2. The highest BCUT2D eigenvalue weighted by Gasteiger charge is 2.37. The van der Waals surface area contributed by atoms with Crippen molar-refractivity contribution in [3.8, 4) is 0 Å². The van der Waals surface area contributed by atoms with Gasteiger partial charge >= 0.3 is 0 Å². The molecule has 1 aliphatic carbocycles. The fourth-order valence-electron chi connectivity index (χ4n) is 3.80. The van der Waals surface area contributed by atoms with Crippen molar-refractivity contribution in [1.29, 1.82) is 0 Å². The standard InChI is InChI=1S/C19H37N3O3/c1-20-18(21-16-19(8-4-9-19)10-15-24-3)22-11-6-17(7-12-22)25-14-5-13-23-2/h17H,4-16H2,1-3H3,(H,20,21). The van der Waals surface area contributed by atoms with Crippen molar-refractivity contribution < 1.29 is 14.2 Å². The summed E-state index contributed by atoms with van der Waals surface area (Å²) in [6, 6.07) is 0. The molecular formula is C19H37N3O3. The van der Waals surface area contributed by atoms with Gasteiger partial charge in [0.25, 0.3) is 0 Å². The molecule has 146 valence electrons. The largest absolute Gasteiger partial charge is 0.385 e. The lowest BCUT2D eigenvalue weighted by molar-refractivity contribution is 0.00956. The Morgan fingerprint density at radius 2 is 1.84 bits per heavy atom. The average Bonchev–Trinajstić information content (AvgIpc) is 2.61. The van der Waals surface area contributed by atoms with E-state index in [1.807, 2.05) is 7.05 Å². The molecule has 0 aromatic carbocycles. The predicted octanol–water partition coefficient (Wildman–Crippen LogP) is 2.29. The van der Waals surface area contributed by atoms with E-state index < -0.39 is 0 Å². The number of likely N-dealkylation sites (tertiary alicyclic amines) is 1. The van der Waals surface area contributed by atoms with Gasteiger partial charge in [-0.25, -0.2) is 0 Å². The molecule has 6 nitrogen and oxygen atoms in total. The van der Waals surface area contributed by atoms with Gasteiger partial charge in [-0.1, -0.05) is 6.42 Å². The minimum Gasteiger partial charge on any atom is -0.385 e. The second kappa shape index (κ2) is 11.0. The monoisotopic (exact) mass is 355 g/mol. The number of nitrogens with one attached hydrogen (secondary N) is 1. The molecule has 1 aliphatic heterocycles. The van der Waals surface area contributed by atoms with E-state index in [9.17, 15) is 0 Å². The van der Waals surface area contributed by atoms with Gasteiger partial charge < -0.3 is 24.4 Å². The summed E-state index contributed by atoms with van der Waals surface area (Å²) in [5, 5.41) is 3.63. The van der Waals surface area contributed by atoms with Crippen molar-refractivity contribution in [2.75, 3.05) is 60.7 Å². The molecular weight excluding hydrogens is 318 g/mol. The zero-order valence-electron chi connectivity index (χ0n) is 16.4. The molecule has 0 bridgehead atoms. The van der Waals surface area contributed by atoms with Gasteiger partial charge in [0.05, 0.1) is 6.10 Å². The molecule has 2 aliphatic rings. The third-order valence-corrected chi connectivity index (χ3v) is 5.67. The van der Waals surface area contributed by atoms with Gasteiger partial charge in [0.2, 0.25) is 0 Å². The molecule has 1 heterocycles. The average molecular weight is 356 g/mol. The van der Waals surface area contributed by atoms with E-state index in [0.29, 0.717) is 11.5 Å². The molecule has 0 radical (unpaired) electrons. The first-order valence-electron chi connectivity index (χ1n) is 9.78. The number of methoxy groups -OCH3 is 2. The molecule has 0 spiro atoms. The summed E-state index contributed by atoms with van der Waals surface area (Å²) in [6.07, 6.45) is 8.59. The zero-order chi connectivity index (χ0) is 18.0. The predicted molar refractivity (Wildman–Crippen MR) is 101 cm³/mol. The number of piperidine rings is 1. The first-order valence-corrected chi connectivity index (χ1v) is 9.78. The van der Waals surface area contributed by atoms with Gasteiger partial charge in [-0.15, -0.1) is 0 Å². The van der Waals surface area contributed by atoms with Crippen LogP contribution < -0.4 is 5.32 Å². The summed E-state index contributed by atoms with van der Waals surface area (Å²) in [5.41, 5.74) is 0.411. The molecule has 6 heteroatoms. The van der Waals surface area contributed by atoms with Crippen LogP contribution in [0, 0.1) is 5.41 Å². The Morgan fingerprint density at radius 3 is 2.40 bits per heavy atom. The van der Waals surface area contributed by atoms with Crippen LogP contribution in [0.2, 0.25) is 0 Å². The molecule has 0 amide bonds. The number of guanidine groups is 1. The van der Waals surface area contributed by atoms with Crippen LogP contribution in [0.5, 0.6) is 0 Å². The first kappa shape index (κ1) is 20.5. The van der Waals surface area contributed by atoms with Gasteiger partial charge in [0.15, 0.2) is 5.96 Å². The van der Waals surface area contributed by atoms with Gasteiger partial charge in [-0.2, -0.15) is 0 Å². The van der Waals surface area contributed by atoms with Gasteiger partial charge in [0, 0.05) is 60.7 Å². The topological polar surface area (TPSA) is 55.3 Å². The summed E-state index contributed by atoms with van der Waals surface area (Å²) >= 11 is 0. The Hall–Kier alpha value is -0.850. The zero-order valence-corrected chi connectivity index (χ0v) is 16.4. The molecule has 0 aromatic rings. The van der Waals surface area contributed by atoms with Crippen LogP contribution in [0.4, 0.5) is 0 Å². The lowest BCUT2D eigenvalue weighted by atomic mass is 9.67. The molecule has 2 fully saturated rings. The SMILES string of the molecule is CN=C(NCC1(CCOC)CCC1)N1CCC(OCCCOC)CC1. The Morgan fingerprint density at radius 1 is 1.12 bits per heavy atom. The molecule has 1 N–H and O–H groups in total. The van der Waals surface area contributed by atoms with Gasteiger partial charge in [-0.3, -0.25) is 4.99 Å². The second-order valence-corrected chi connectivity index (χ2v) is 7.40. The fourth-order valence-corrected chi connectivity index (χ4v) is 3.80. The molecule has 25 heavy (non-hydrogen) atoms. The smallest absolute Gasteiger partial charge is 0.193 e. The Kier molecular flexibility index (Phi) is 8.99. The van der Waals surface area contributed by atoms with Crippen LogP contribution >= 0.6 is 0 Å². The van der Waals surface area contributed by atoms with Crippen LogP contribution in [0.3, 0.4) is 0 Å². The van der Waals surface area contributed by atoms with Crippen molar-refractivity contribution in [2.24, 2.45) is 10.4 Å². The molecule has 2 rings (SSSR count). The molecule has 1 saturated carbocycles. The van der Waals surface area contributed by atoms with Crippen LogP contribution in [0.15, 0.2) is 4.99 Å². The van der Waals surface area contributed by atoms with Crippen molar-refractivity contribution in [2.45, 2.75) is 51.0 Å². The van der Waals surface area contributed by atoms with E-state index in [-0.39, 0.29) is 0 Å². The number of rotatable bonds is 10.